The van der Waals surface area contributed by atoms with Crippen molar-refractivity contribution in [1.82, 2.24) is 0 Å². The summed E-state index contributed by atoms with van der Waals surface area (Å²) in [5.41, 5.74) is 2.43. The van der Waals surface area contributed by atoms with Crippen LogP contribution in [0.2, 0.25) is 5.02 Å². The van der Waals surface area contributed by atoms with Gasteiger partial charge in [0.15, 0.2) is 0 Å². The minimum Gasteiger partial charge on any atom is -0.272 e. The molecule has 0 spiro atoms. The van der Waals surface area contributed by atoms with Crippen molar-refractivity contribution < 1.29 is 8.42 Å². The van der Waals surface area contributed by atoms with Crippen LogP contribution in [0.4, 0.5) is 5.69 Å². The van der Waals surface area contributed by atoms with E-state index in [1.165, 1.54) is 9.87 Å². The van der Waals surface area contributed by atoms with Crippen LogP contribution in [0.3, 0.4) is 0 Å². The maximum Gasteiger partial charge on any atom is 0.239 e. The smallest absolute Gasteiger partial charge is 0.239 e. The zero-order valence-corrected chi connectivity index (χ0v) is 17.6. The summed E-state index contributed by atoms with van der Waals surface area (Å²) in [5, 5.41) is 2.46. The van der Waals surface area contributed by atoms with Crippen LogP contribution in [-0.2, 0) is 21.2 Å². The standard InChI is InChI=1S/C22H24ClNO2S/c1-22(2,3)19-13-14-21(18-11-7-6-10-17(18)19)24(4)27(25,26)15-16-9-5-8-12-20(16)23/h5-14H,15H2,1-4H3. The van der Waals surface area contributed by atoms with E-state index in [9.17, 15) is 8.42 Å². The monoisotopic (exact) mass is 401 g/mol. The van der Waals surface area contributed by atoms with Gasteiger partial charge in [0, 0.05) is 17.5 Å². The summed E-state index contributed by atoms with van der Waals surface area (Å²) >= 11 is 6.16. The second kappa shape index (κ2) is 7.17. The van der Waals surface area contributed by atoms with Crippen LogP contribution < -0.4 is 4.31 Å². The van der Waals surface area contributed by atoms with Gasteiger partial charge < -0.3 is 0 Å². The molecule has 0 radical (unpaired) electrons. The molecular weight excluding hydrogens is 378 g/mol. The van der Waals surface area contributed by atoms with Gasteiger partial charge in [-0.25, -0.2) is 8.42 Å². The molecule has 0 fully saturated rings. The fraction of sp³-hybridized carbons (Fsp3) is 0.273. The van der Waals surface area contributed by atoms with E-state index in [1.807, 2.05) is 36.4 Å². The third kappa shape index (κ3) is 3.97. The van der Waals surface area contributed by atoms with E-state index in [4.69, 9.17) is 11.6 Å². The third-order valence-corrected chi connectivity index (χ3v) is 6.84. The van der Waals surface area contributed by atoms with E-state index >= 15 is 0 Å². The molecule has 0 aliphatic heterocycles. The molecule has 0 unspecified atom stereocenters. The van der Waals surface area contributed by atoms with E-state index < -0.39 is 10.0 Å². The number of sulfonamides is 1. The summed E-state index contributed by atoms with van der Waals surface area (Å²) in [4.78, 5) is 0. The molecule has 0 aromatic heterocycles. The molecule has 3 nitrogen and oxygen atoms in total. The lowest BCUT2D eigenvalue weighted by Gasteiger charge is -2.26. The van der Waals surface area contributed by atoms with Crippen molar-refractivity contribution in [2.24, 2.45) is 0 Å². The molecule has 0 saturated carbocycles. The lowest BCUT2D eigenvalue weighted by molar-refractivity contribution is 0.593. The van der Waals surface area contributed by atoms with Crippen LogP contribution in [0.25, 0.3) is 10.8 Å². The quantitative estimate of drug-likeness (QED) is 0.557. The molecule has 0 heterocycles. The molecule has 0 aliphatic carbocycles. The average Bonchev–Trinajstić information content (AvgIpc) is 2.61. The van der Waals surface area contributed by atoms with Crippen molar-refractivity contribution in [3.05, 3.63) is 76.8 Å². The molecule has 0 aliphatic rings. The highest BCUT2D eigenvalue weighted by molar-refractivity contribution is 7.92. The van der Waals surface area contributed by atoms with Gasteiger partial charge in [-0.2, -0.15) is 0 Å². The zero-order chi connectivity index (χ0) is 19.8. The number of benzene rings is 3. The SMILES string of the molecule is CN(c1ccc(C(C)(C)C)c2ccccc12)S(=O)(=O)Cc1ccccc1Cl. The molecular formula is C22H24ClNO2S. The lowest BCUT2D eigenvalue weighted by Crippen LogP contribution is -2.28. The second-order valence-electron chi connectivity index (χ2n) is 7.74. The predicted molar refractivity (Wildman–Crippen MR) is 115 cm³/mol. The van der Waals surface area contributed by atoms with E-state index in [-0.39, 0.29) is 11.2 Å². The molecule has 3 aromatic carbocycles. The Hall–Kier alpha value is -2.04. The molecule has 3 aromatic rings. The molecule has 0 saturated heterocycles. The van der Waals surface area contributed by atoms with Gasteiger partial charge in [-0.3, -0.25) is 4.31 Å². The third-order valence-electron chi connectivity index (χ3n) is 4.76. The highest BCUT2D eigenvalue weighted by atomic mass is 35.5. The molecule has 0 amide bonds. The van der Waals surface area contributed by atoms with Gasteiger partial charge in [-0.05, 0) is 34.1 Å². The largest absolute Gasteiger partial charge is 0.272 e. The van der Waals surface area contributed by atoms with Crippen molar-refractivity contribution in [2.75, 3.05) is 11.4 Å². The van der Waals surface area contributed by atoms with Crippen molar-refractivity contribution in [2.45, 2.75) is 31.9 Å². The Labute approximate surface area is 166 Å². The number of fused-ring (bicyclic) bond motifs is 1. The molecule has 0 bridgehead atoms. The Morgan fingerprint density at radius 3 is 2.11 bits per heavy atom. The number of halogens is 1. The van der Waals surface area contributed by atoms with Crippen LogP contribution in [0.5, 0.6) is 0 Å². The van der Waals surface area contributed by atoms with Crippen LogP contribution in [0.1, 0.15) is 31.9 Å². The number of anilines is 1. The highest BCUT2D eigenvalue weighted by Crippen LogP contribution is 2.36. The molecule has 5 heteroatoms. The maximum atomic E-state index is 13.0. The van der Waals surface area contributed by atoms with Crippen LogP contribution >= 0.6 is 11.6 Å². The van der Waals surface area contributed by atoms with Crippen molar-refractivity contribution >= 4 is 38.1 Å². The fourth-order valence-corrected chi connectivity index (χ4v) is 4.85. The summed E-state index contributed by atoms with van der Waals surface area (Å²) in [6.07, 6.45) is 0. The molecule has 3 rings (SSSR count). The van der Waals surface area contributed by atoms with Gasteiger partial charge in [-0.1, -0.05) is 80.9 Å². The maximum absolute atomic E-state index is 13.0. The van der Waals surface area contributed by atoms with Crippen molar-refractivity contribution in [3.63, 3.8) is 0 Å². The average molecular weight is 402 g/mol. The summed E-state index contributed by atoms with van der Waals surface area (Å²) in [6.45, 7) is 6.48. The summed E-state index contributed by atoms with van der Waals surface area (Å²) in [6, 6.07) is 18.9. The highest BCUT2D eigenvalue weighted by Gasteiger charge is 2.24. The minimum atomic E-state index is -3.58. The van der Waals surface area contributed by atoms with Gasteiger partial charge in [0.25, 0.3) is 0 Å². The van der Waals surface area contributed by atoms with E-state index in [2.05, 4.69) is 20.8 Å². The van der Waals surface area contributed by atoms with E-state index in [0.717, 1.165) is 10.8 Å². The number of hydrogen-bond acceptors (Lipinski definition) is 2. The first-order valence-corrected chi connectivity index (χ1v) is 10.8. The lowest BCUT2D eigenvalue weighted by atomic mass is 9.83. The second-order valence-corrected chi connectivity index (χ2v) is 10.2. The van der Waals surface area contributed by atoms with E-state index in [1.54, 1.807) is 31.3 Å². The topological polar surface area (TPSA) is 37.4 Å². The number of hydrogen-bond donors (Lipinski definition) is 0. The van der Waals surface area contributed by atoms with E-state index in [0.29, 0.717) is 16.3 Å². The summed E-state index contributed by atoms with van der Waals surface area (Å²) < 4.78 is 27.5. The molecule has 0 atom stereocenters. The number of nitrogens with zero attached hydrogens (tertiary/aromatic N) is 1. The summed E-state index contributed by atoms with van der Waals surface area (Å²) in [5.74, 6) is -0.140. The molecule has 0 N–H and O–H groups in total. The van der Waals surface area contributed by atoms with Crippen molar-refractivity contribution in [3.8, 4) is 0 Å². The van der Waals surface area contributed by atoms with Gasteiger partial charge in [-0.15, -0.1) is 0 Å². The Balaban J connectivity index is 2.08. The molecule has 142 valence electrons. The Morgan fingerprint density at radius 1 is 0.889 bits per heavy atom. The van der Waals surface area contributed by atoms with Crippen LogP contribution in [0.15, 0.2) is 60.7 Å². The van der Waals surface area contributed by atoms with Crippen molar-refractivity contribution in [1.29, 1.82) is 0 Å². The Kier molecular flexibility index (Phi) is 5.24. The first-order valence-electron chi connectivity index (χ1n) is 8.83. The molecule has 27 heavy (non-hydrogen) atoms. The predicted octanol–water partition coefficient (Wildman–Crippen LogP) is 5.76. The first-order chi connectivity index (χ1) is 12.6. The fourth-order valence-electron chi connectivity index (χ4n) is 3.27. The number of rotatable bonds is 4. The van der Waals surface area contributed by atoms with Gasteiger partial charge in [0.1, 0.15) is 0 Å². The summed E-state index contributed by atoms with van der Waals surface area (Å²) in [7, 11) is -1.98. The minimum absolute atomic E-state index is 0.0346. The Morgan fingerprint density at radius 2 is 1.48 bits per heavy atom. The van der Waals surface area contributed by atoms with Gasteiger partial charge in [0.05, 0.1) is 11.4 Å². The van der Waals surface area contributed by atoms with Gasteiger partial charge >= 0.3 is 0 Å². The van der Waals surface area contributed by atoms with Crippen LogP contribution in [0, 0.1) is 0 Å². The normalized spacial score (nSPS) is 12.3. The first kappa shape index (κ1) is 19.7. The Bertz CT molecular complexity index is 1080. The van der Waals surface area contributed by atoms with Gasteiger partial charge in [0.2, 0.25) is 10.0 Å². The van der Waals surface area contributed by atoms with Crippen LogP contribution in [-0.4, -0.2) is 15.5 Å². The zero-order valence-electron chi connectivity index (χ0n) is 16.0.